The molecule has 1 N–H and O–H groups in total. The number of phosphoric acid groups is 1. The summed E-state index contributed by atoms with van der Waals surface area (Å²) in [5.41, 5.74) is 0. The number of unbranched alkanes of at least 4 members (excludes halogenated alkanes) is 60. The molecule has 9 nitrogen and oxygen atoms in total. The predicted octanol–water partition coefficient (Wildman–Crippen LogP) is 28.1. The normalized spacial score (nSPS) is 13.1. The smallest absolute Gasteiger partial charge is 0.462 e. The van der Waals surface area contributed by atoms with Crippen LogP contribution in [0.25, 0.3) is 0 Å². The summed E-state index contributed by atoms with van der Waals surface area (Å²) in [6.07, 6.45) is 100. The van der Waals surface area contributed by atoms with Crippen molar-refractivity contribution in [2.75, 3.05) is 47.5 Å². The summed E-state index contributed by atoms with van der Waals surface area (Å²) < 4.78 is 34.9. The molecule has 0 bridgehead atoms. The molecule has 0 aliphatic rings. The van der Waals surface area contributed by atoms with Crippen LogP contribution in [0.4, 0.5) is 0 Å². The zero-order chi connectivity index (χ0) is 69.0. The van der Waals surface area contributed by atoms with Crippen molar-refractivity contribution in [2.45, 2.75) is 450 Å². The van der Waals surface area contributed by atoms with Crippen LogP contribution in [0.3, 0.4) is 0 Å². The van der Waals surface area contributed by atoms with Crippen LogP contribution in [0.1, 0.15) is 444 Å². The van der Waals surface area contributed by atoms with Gasteiger partial charge in [-0.15, -0.1) is 0 Å². The van der Waals surface area contributed by atoms with E-state index in [2.05, 4.69) is 50.3 Å². The average Bonchev–Trinajstić information content (AvgIpc) is 2.29. The van der Waals surface area contributed by atoms with Crippen LogP contribution < -0.4 is 0 Å². The van der Waals surface area contributed by atoms with Gasteiger partial charge in [0, 0.05) is 12.8 Å². The van der Waals surface area contributed by atoms with Crippen molar-refractivity contribution in [1.29, 1.82) is 0 Å². The van der Waals surface area contributed by atoms with E-state index in [0.29, 0.717) is 23.9 Å². The van der Waals surface area contributed by atoms with Crippen molar-refractivity contribution in [1.82, 2.24) is 0 Å². The van der Waals surface area contributed by atoms with Gasteiger partial charge in [-0.1, -0.05) is 416 Å². The van der Waals surface area contributed by atoms with E-state index in [1.54, 1.807) is 0 Å². The number of carbonyl (C=O) groups is 2. The third-order valence-corrected chi connectivity index (χ3v) is 20.4. The van der Waals surface area contributed by atoms with Gasteiger partial charge in [-0.2, -0.15) is 0 Å². The number of allylic oxidation sites excluding steroid dienone is 6. The fourth-order valence-electron chi connectivity index (χ4n) is 13.0. The van der Waals surface area contributed by atoms with Gasteiger partial charge in [0.1, 0.15) is 19.8 Å². The number of nitrogens with zero attached hydrogens (tertiary/aromatic N) is 1. The second-order valence-corrected chi connectivity index (χ2v) is 31.7. The molecule has 0 aliphatic heterocycles. The monoisotopic (exact) mass is 1360 g/mol. The standard InChI is InChI=1S/C85H164NO8P/c1-6-8-10-12-14-16-18-20-22-24-26-28-30-32-34-36-38-39-40-41-42-43-44-45-46-48-49-51-53-55-57-59-61-63-65-67-69-71-73-75-77-84(87)91-81-83(82-93-95(89,90)92-80-79-86(3,4)5)94-85(88)78-76-74-72-70-68-66-64-62-60-58-56-54-52-50-47-37-35-33-31-29-27-25-23-21-19-17-15-13-11-9-7-2/h19,21,25,27,31,33,83H,6-18,20,22-24,26,28-30,32,34-82H2,1-5H3/p+1/b21-19-,27-25-,33-31-. The van der Waals surface area contributed by atoms with Gasteiger partial charge in [0.25, 0.3) is 0 Å². The fourth-order valence-corrected chi connectivity index (χ4v) is 13.7. The van der Waals surface area contributed by atoms with Crippen LogP contribution in [0, 0.1) is 0 Å². The van der Waals surface area contributed by atoms with Crippen molar-refractivity contribution < 1.29 is 42.1 Å². The quantitative estimate of drug-likeness (QED) is 0.0211. The van der Waals surface area contributed by atoms with Crippen LogP contribution in [0.15, 0.2) is 36.5 Å². The Balaban J connectivity index is 3.86. The summed E-state index contributed by atoms with van der Waals surface area (Å²) in [5, 5.41) is 0. The summed E-state index contributed by atoms with van der Waals surface area (Å²) in [6, 6.07) is 0. The number of carbonyl (C=O) groups excluding carboxylic acids is 2. The molecule has 0 aromatic carbocycles. The minimum absolute atomic E-state index is 0.0346. The second kappa shape index (κ2) is 76.4. The zero-order valence-corrected chi connectivity index (χ0v) is 65.3. The largest absolute Gasteiger partial charge is 0.472 e. The van der Waals surface area contributed by atoms with Crippen molar-refractivity contribution >= 4 is 19.8 Å². The molecule has 0 radical (unpaired) electrons. The molecule has 2 unspecified atom stereocenters. The molecule has 0 aromatic heterocycles. The van der Waals surface area contributed by atoms with Gasteiger partial charge in [-0.3, -0.25) is 18.6 Å². The summed E-state index contributed by atoms with van der Waals surface area (Å²) >= 11 is 0. The maximum atomic E-state index is 12.9. The van der Waals surface area contributed by atoms with Crippen molar-refractivity contribution in [3.63, 3.8) is 0 Å². The molecule has 0 heterocycles. The Morgan fingerprint density at radius 3 is 0.842 bits per heavy atom. The third-order valence-electron chi connectivity index (χ3n) is 19.4. The number of hydrogen-bond acceptors (Lipinski definition) is 7. The highest BCUT2D eigenvalue weighted by Crippen LogP contribution is 2.43. The topological polar surface area (TPSA) is 108 Å². The SMILES string of the molecule is CCCCCCC/C=C\C/C=C\C/C=C\CCCCCCCCCCCCCCCCCCC(=O)OC(COC(=O)CCCCCCCCCCCCCCCCCCCCCCCCCCCCCCCCCCCCCCCCCC)COP(=O)(O)OCC[N+](C)(C)C. The molecule has 0 aromatic rings. The Morgan fingerprint density at radius 1 is 0.326 bits per heavy atom. The molecule has 0 aliphatic carbocycles. The lowest BCUT2D eigenvalue weighted by Gasteiger charge is -2.24. The molecule has 0 amide bonds. The Hall–Kier alpha value is -1.77. The first-order chi connectivity index (χ1) is 46.5. The van der Waals surface area contributed by atoms with Gasteiger partial charge in [0.15, 0.2) is 6.10 Å². The molecule has 562 valence electrons. The van der Waals surface area contributed by atoms with Crippen molar-refractivity contribution in [3.8, 4) is 0 Å². The van der Waals surface area contributed by atoms with E-state index in [-0.39, 0.29) is 25.6 Å². The number of likely N-dealkylation sites (N-methyl/N-ethyl adjacent to an activating group) is 1. The molecule has 10 heteroatoms. The molecular weight excluding hydrogens is 1190 g/mol. The maximum Gasteiger partial charge on any atom is 0.472 e. The first-order valence-electron chi connectivity index (χ1n) is 42.2. The number of ether oxygens (including phenoxy) is 2. The molecule has 0 saturated heterocycles. The molecule has 0 fully saturated rings. The molecule has 0 rings (SSSR count). The fraction of sp³-hybridized carbons (Fsp3) is 0.906. The Bertz CT molecular complexity index is 1690. The highest BCUT2D eigenvalue weighted by Gasteiger charge is 2.27. The Kier molecular flexibility index (Phi) is 75.0. The van der Waals surface area contributed by atoms with Crippen molar-refractivity contribution in [3.05, 3.63) is 36.5 Å². The van der Waals surface area contributed by atoms with Crippen LogP contribution in [0.2, 0.25) is 0 Å². The second-order valence-electron chi connectivity index (χ2n) is 30.2. The summed E-state index contributed by atoms with van der Waals surface area (Å²) in [6.45, 7) is 4.51. The van der Waals surface area contributed by atoms with E-state index in [9.17, 15) is 19.0 Å². The Morgan fingerprint density at radius 2 is 0.568 bits per heavy atom. The molecule has 95 heavy (non-hydrogen) atoms. The predicted molar refractivity (Wildman–Crippen MR) is 414 cm³/mol. The zero-order valence-electron chi connectivity index (χ0n) is 64.4. The van der Waals surface area contributed by atoms with Gasteiger partial charge in [0.05, 0.1) is 27.7 Å². The number of rotatable bonds is 80. The van der Waals surface area contributed by atoms with E-state index < -0.39 is 26.5 Å². The number of quaternary nitrogens is 1. The average molecular weight is 1360 g/mol. The van der Waals surface area contributed by atoms with Crippen LogP contribution >= 0.6 is 7.82 Å². The van der Waals surface area contributed by atoms with E-state index in [0.717, 1.165) is 44.9 Å². The highest BCUT2D eigenvalue weighted by molar-refractivity contribution is 7.47. The van der Waals surface area contributed by atoms with Crippen LogP contribution in [-0.2, 0) is 32.7 Å². The summed E-state index contributed by atoms with van der Waals surface area (Å²) in [5.74, 6) is -0.772. The number of hydrogen-bond donors (Lipinski definition) is 1. The van der Waals surface area contributed by atoms with E-state index in [1.165, 1.54) is 366 Å². The maximum absolute atomic E-state index is 12.9. The van der Waals surface area contributed by atoms with Gasteiger partial charge < -0.3 is 18.9 Å². The highest BCUT2D eigenvalue weighted by atomic mass is 31.2. The van der Waals surface area contributed by atoms with Crippen molar-refractivity contribution in [2.24, 2.45) is 0 Å². The number of phosphoric ester groups is 1. The Labute approximate surface area is 592 Å². The summed E-state index contributed by atoms with van der Waals surface area (Å²) in [7, 11) is 1.50. The first kappa shape index (κ1) is 93.2. The van der Waals surface area contributed by atoms with Gasteiger partial charge in [0.2, 0.25) is 0 Å². The third kappa shape index (κ3) is 81.1. The van der Waals surface area contributed by atoms with Gasteiger partial charge in [-0.25, -0.2) is 4.57 Å². The molecular formula is C85H165NO8P+. The molecule has 2 atom stereocenters. The number of esters is 2. The van der Waals surface area contributed by atoms with Crippen LogP contribution in [0.5, 0.6) is 0 Å². The van der Waals surface area contributed by atoms with E-state index >= 15 is 0 Å². The summed E-state index contributed by atoms with van der Waals surface area (Å²) in [4.78, 5) is 36.0. The van der Waals surface area contributed by atoms with Gasteiger partial charge in [-0.05, 0) is 51.4 Å². The van der Waals surface area contributed by atoms with Crippen LogP contribution in [-0.4, -0.2) is 74.9 Å². The van der Waals surface area contributed by atoms with E-state index in [4.69, 9.17) is 18.5 Å². The lowest BCUT2D eigenvalue weighted by molar-refractivity contribution is -0.870. The minimum atomic E-state index is -4.39. The minimum Gasteiger partial charge on any atom is -0.462 e. The molecule has 0 saturated carbocycles. The lowest BCUT2D eigenvalue weighted by atomic mass is 10.0. The van der Waals surface area contributed by atoms with E-state index in [1.807, 2.05) is 21.1 Å². The lowest BCUT2D eigenvalue weighted by Crippen LogP contribution is -2.37. The molecule has 0 spiro atoms. The van der Waals surface area contributed by atoms with Gasteiger partial charge >= 0.3 is 19.8 Å². The first-order valence-corrected chi connectivity index (χ1v) is 43.7.